The van der Waals surface area contributed by atoms with Crippen LogP contribution in [0.4, 0.5) is 9.59 Å². The average molecular weight is 540 g/mol. The van der Waals surface area contributed by atoms with E-state index >= 15 is 0 Å². The van der Waals surface area contributed by atoms with Gasteiger partial charge in [0.2, 0.25) is 5.91 Å². The van der Waals surface area contributed by atoms with Crippen LogP contribution < -0.4 is 50.6 Å². The fourth-order valence-corrected chi connectivity index (χ4v) is 5.35. The zero-order chi connectivity index (χ0) is 26.0. The number of ether oxygens (including phenoxy) is 1. The maximum atomic E-state index is 13.2. The first-order chi connectivity index (χ1) is 17.2. The maximum Gasteiger partial charge on any atom is 1.00 e. The number of amides is 6. The molecular weight excluding hydrogens is 517 g/mol. The van der Waals surface area contributed by atoms with E-state index in [1.54, 1.807) is 30.3 Å². The Labute approximate surface area is 237 Å². The first kappa shape index (κ1) is 28.5. The molecule has 6 amide bonds. The Hall–Kier alpha value is -3.07. The van der Waals surface area contributed by atoms with Gasteiger partial charge in [0, 0.05) is 31.3 Å². The van der Waals surface area contributed by atoms with E-state index in [2.05, 4.69) is 16.0 Å². The summed E-state index contributed by atoms with van der Waals surface area (Å²) in [6, 6.07) is 4.62. The Kier molecular flexibility index (Phi) is 9.23. The van der Waals surface area contributed by atoms with Gasteiger partial charge in [-0.1, -0.05) is 30.3 Å². The Balaban J connectivity index is 0.00000380. The number of carbonyl (C=O) groups is 6. The number of nitrogens with one attached hydrogen (secondary N) is 3. The number of esters is 1. The Morgan fingerprint density at radius 2 is 1.92 bits per heavy atom. The predicted molar refractivity (Wildman–Crippen MR) is 122 cm³/mol. The van der Waals surface area contributed by atoms with Gasteiger partial charge in [-0.15, -0.1) is 11.8 Å². The van der Waals surface area contributed by atoms with Crippen LogP contribution in [-0.2, 0) is 23.9 Å². The zero-order valence-electron chi connectivity index (χ0n) is 20.0. The molecule has 2 fully saturated rings. The molecule has 3 N–H and O–H groups in total. The SMILES string of the molecule is CC(=O)OCC1=C(C(=O)[O-])N2C(=O)C(NC(=O)C(NC(=O)N3CCNC3=O)c3ccccc3)[C@@H]2SC1.[Na+]. The molecule has 2 saturated heterocycles. The number of rotatable bonds is 7. The predicted octanol–water partition coefficient (Wildman–Crippen LogP) is -4.57. The number of hydrogen-bond acceptors (Lipinski definition) is 9. The van der Waals surface area contributed by atoms with Crippen LogP contribution in [0.5, 0.6) is 0 Å². The standard InChI is InChI=1S/C22H23N5O8S.Na/c1-11(28)35-9-13-10-36-19-15(18(30)27(19)16(13)20(31)32)24-17(29)14(12-5-3-2-4-6-12)25-22(34)26-8-7-23-21(26)33;/h2-6,14-15,19H,7-10H2,1H3,(H,23,33)(H,24,29)(H,25,34)(H,31,32);/q;+1/p-1/t14?,15?,19-;/m0./s1. The number of carbonyl (C=O) groups excluding carboxylic acids is 6. The molecule has 0 aromatic heterocycles. The molecule has 0 bridgehead atoms. The van der Waals surface area contributed by atoms with Crippen molar-refractivity contribution in [1.29, 1.82) is 0 Å². The van der Waals surface area contributed by atoms with Crippen molar-refractivity contribution < 1.29 is 68.2 Å². The summed E-state index contributed by atoms with van der Waals surface area (Å²) in [6.07, 6.45) is 0. The van der Waals surface area contributed by atoms with Crippen LogP contribution in [0.25, 0.3) is 0 Å². The summed E-state index contributed by atoms with van der Waals surface area (Å²) >= 11 is 1.19. The minimum absolute atomic E-state index is 0. The van der Waals surface area contributed by atoms with Gasteiger partial charge in [0.05, 0.1) is 11.7 Å². The third-order valence-electron chi connectivity index (χ3n) is 5.75. The van der Waals surface area contributed by atoms with Crippen LogP contribution in [0.3, 0.4) is 0 Å². The summed E-state index contributed by atoms with van der Waals surface area (Å²) in [4.78, 5) is 75.4. The number of β-lactam (4-membered cyclic amide) rings is 1. The molecule has 0 saturated carbocycles. The topological polar surface area (TPSA) is 177 Å². The second-order valence-corrected chi connectivity index (χ2v) is 9.20. The molecule has 3 aliphatic heterocycles. The zero-order valence-corrected chi connectivity index (χ0v) is 22.8. The van der Waals surface area contributed by atoms with E-state index in [0.29, 0.717) is 5.56 Å². The number of benzene rings is 1. The molecule has 0 spiro atoms. The van der Waals surface area contributed by atoms with Crippen LogP contribution >= 0.6 is 11.8 Å². The maximum absolute atomic E-state index is 13.2. The normalized spacial score (nSPS) is 21.1. The van der Waals surface area contributed by atoms with Crippen molar-refractivity contribution in [3.05, 3.63) is 47.2 Å². The van der Waals surface area contributed by atoms with Crippen LogP contribution in [0.2, 0.25) is 0 Å². The monoisotopic (exact) mass is 539 g/mol. The first-order valence-corrected chi connectivity index (χ1v) is 12.0. The van der Waals surface area contributed by atoms with Gasteiger partial charge in [-0.25, -0.2) is 14.5 Å². The molecule has 3 atom stereocenters. The Bertz CT molecular complexity index is 1160. The Morgan fingerprint density at radius 3 is 2.51 bits per heavy atom. The summed E-state index contributed by atoms with van der Waals surface area (Å²) in [6.45, 7) is 1.30. The quantitative estimate of drug-likeness (QED) is 0.175. The van der Waals surface area contributed by atoms with Crippen LogP contribution in [-0.4, -0.2) is 82.5 Å². The molecule has 15 heteroatoms. The van der Waals surface area contributed by atoms with Gasteiger partial charge in [0.25, 0.3) is 5.91 Å². The van der Waals surface area contributed by atoms with Crippen molar-refractivity contribution >= 4 is 47.6 Å². The number of hydrogen-bond donors (Lipinski definition) is 3. The molecule has 4 rings (SSSR count). The molecule has 1 aromatic rings. The summed E-state index contributed by atoms with van der Waals surface area (Å²) in [7, 11) is 0. The molecule has 3 heterocycles. The van der Waals surface area contributed by atoms with E-state index in [1.165, 1.54) is 18.7 Å². The van der Waals surface area contributed by atoms with Crippen molar-refractivity contribution in [2.75, 3.05) is 25.4 Å². The van der Waals surface area contributed by atoms with E-state index in [0.717, 1.165) is 9.80 Å². The van der Waals surface area contributed by atoms with Crippen molar-refractivity contribution in [3.8, 4) is 0 Å². The largest absolute Gasteiger partial charge is 1.00 e. The third kappa shape index (κ3) is 5.92. The molecule has 1 aromatic carbocycles. The van der Waals surface area contributed by atoms with Crippen LogP contribution in [0.15, 0.2) is 41.6 Å². The molecule has 3 aliphatic rings. The van der Waals surface area contributed by atoms with Gasteiger partial charge in [-0.3, -0.25) is 19.3 Å². The van der Waals surface area contributed by atoms with E-state index in [4.69, 9.17) is 4.74 Å². The van der Waals surface area contributed by atoms with Gasteiger partial charge >= 0.3 is 47.6 Å². The van der Waals surface area contributed by atoms with Crippen LogP contribution in [0.1, 0.15) is 18.5 Å². The van der Waals surface area contributed by atoms with Gasteiger partial charge in [0.1, 0.15) is 24.1 Å². The number of fused-ring (bicyclic) bond motifs is 1. The number of carboxylic acids is 1. The number of aliphatic carboxylic acids is 1. The molecule has 0 radical (unpaired) electrons. The molecule has 2 unspecified atom stereocenters. The van der Waals surface area contributed by atoms with E-state index in [-0.39, 0.29) is 66.3 Å². The second kappa shape index (κ2) is 12.0. The summed E-state index contributed by atoms with van der Waals surface area (Å²) in [5.74, 6) is -3.46. The molecule has 0 aliphatic carbocycles. The first-order valence-electron chi connectivity index (χ1n) is 10.9. The number of imide groups is 1. The van der Waals surface area contributed by atoms with Gasteiger partial charge in [-0.2, -0.15) is 0 Å². The van der Waals surface area contributed by atoms with E-state index in [1.807, 2.05) is 0 Å². The molecular formula is C22H22N5NaO8S. The molecule has 13 nitrogen and oxygen atoms in total. The van der Waals surface area contributed by atoms with Crippen LogP contribution in [0, 0.1) is 0 Å². The van der Waals surface area contributed by atoms with Gasteiger partial charge < -0.3 is 30.6 Å². The number of thioether (sulfide) groups is 1. The molecule has 37 heavy (non-hydrogen) atoms. The minimum Gasteiger partial charge on any atom is -0.543 e. The van der Waals surface area contributed by atoms with Crippen molar-refractivity contribution in [3.63, 3.8) is 0 Å². The fraction of sp³-hybridized carbons (Fsp3) is 0.364. The average Bonchev–Trinajstić information content (AvgIpc) is 3.29. The van der Waals surface area contributed by atoms with Crippen molar-refractivity contribution in [1.82, 2.24) is 25.8 Å². The molecule has 190 valence electrons. The summed E-state index contributed by atoms with van der Waals surface area (Å²) < 4.78 is 4.88. The van der Waals surface area contributed by atoms with E-state index in [9.17, 15) is 33.9 Å². The number of urea groups is 2. The van der Waals surface area contributed by atoms with Gasteiger partial charge in [-0.05, 0) is 5.56 Å². The van der Waals surface area contributed by atoms with E-state index < -0.39 is 53.3 Å². The third-order valence-corrected chi connectivity index (χ3v) is 7.09. The smallest absolute Gasteiger partial charge is 0.543 e. The number of carboxylic acid groups (broad SMARTS) is 1. The summed E-state index contributed by atoms with van der Waals surface area (Å²) in [5, 5.41) is 18.6. The van der Waals surface area contributed by atoms with Crippen molar-refractivity contribution in [2.45, 2.75) is 24.4 Å². The fourth-order valence-electron chi connectivity index (χ4n) is 4.02. The second-order valence-electron chi connectivity index (χ2n) is 8.09. The minimum atomic E-state index is -1.60. The summed E-state index contributed by atoms with van der Waals surface area (Å²) in [5.41, 5.74) is 0.244. The Morgan fingerprint density at radius 1 is 1.22 bits per heavy atom. The van der Waals surface area contributed by atoms with Gasteiger partial charge in [0.15, 0.2) is 0 Å². The number of nitrogens with zero attached hydrogens (tertiary/aromatic N) is 2. The van der Waals surface area contributed by atoms with Crippen molar-refractivity contribution in [2.24, 2.45) is 0 Å².